The van der Waals surface area contributed by atoms with Gasteiger partial charge in [0.2, 0.25) is 0 Å². The number of carboxylic acids is 1. The van der Waals surface area contributed by atoms with E-state index in [0.29, 0.717) is 5.92 Å². The summed E-state index contributed by atoms with van der Waals surface area (Å²) in [7, 11) is 0. The lowest BCUT2D eigenvalue weighted by molar-refractivity contribution is -0.140. The summed E-state index contributed by atoms with van der Waals surface area (Å²) in [6.07, 6.45) is 4.61. The van der Waals surface area contributed by atoms with Crippen molar-refractivity contribution >= 4 is 5.97 Å². The Bertz CT molecular complexity index is 179. The second-order valence-corrected chi connectivity index (χ2v) is 3.26. The van der Waals surface area contributed by atoms with Gasteiger partial charge in [-0.05, 0) is 31.7 Å². The lowest BCUT2D eigenvalue weighted by Gasteiger charge is -2.26. The molecule has 0 saturated carbocycles. The number of rotatable bonds is 3. The molecule has 0 radical (unpaired) electrons. The summed E-state index contributed by atoms with van der Waals surface area (Å²) in [6.45, 7) is 4.47. The van der Waals surface area contributed by atoms with Gasteiger partial charge in [-0.25, -0.2) is 0 Å². The topological polar surface area (TPSA) is 49.3 Å². The molecule has 12 heavy (non-hydrogen) atoms. The minimum Gasteiger partial charge on any atom is -0.480 e. The molecule has 1 heterocycles. The van der Waals surface area contributed by atoms with Gasteiger partial charge in [0.15, 0.2) is 0 Å². The maximum atomic E-state index is 10.6. The number of hydrogen-bond donors (Lipinski definition) is 2. The van der Waals surface area contributed by atoms with Crippen LogP contribution in [0.5, 0.6) is 0 Å². The highest BCUT2D eigenvalue weighted by molar-refractivity contribution is 5.73. The standard InChI is InChI=1S/C9H15NO2/c1-2-3-7-4-5-10-8(6-7)9(11)12/h2,7-8,10H,1,3-6H2,(H,11,12)/t7-,8-/m1/s1. The normalized spacial score (nSPS) is 29.7. The van der Waals surface area contributed by atoms with E-state index in [1.165, 1.54) is 0 Å². The van der Waals surface area contributed by atoms with Crippen LogP contribution in [0.25, 0.3) is 0 Å². The summed E-state index contributed by atoms with van der Waals surface area (Å²) in [4.78, 5) is 10.6. The first-order valence-electron chi connectivity index (χ1n) is 4.31. The van der Waals surface area contributed by atoms with Gasteiger partial charge in [0.1, 0.15) is 6.04 Å². The smallest absolute Gasteiger partial charge is 0.320 e. The Morgan fingerprint density at radius 1 is 1.75 bits per heavy atom. The SMILES string of the molecule is C=CC[C@@H]1CCN[C@@H](C(=O)O)C1. The van der Waals surface area contributed by atoms with Gasteiger partial charge in [-0.15, -0.1) is 6.58 Å². The van der Waals surface area contributed by atoms with E-state index in [1.807, 2.05) is 6.08 Å². The second-order valence-electron chi connectivity index (χ2n) is 3.26. The average molecular weight is 169 g/mol. The number of nitrogens with one attached hydrogen (secondary N) is 1. The summed E-state index contributed by atoms with van der Waals surface area (Å²) >= 11 is 0. The molecule has 3 heteroatoms. The third-order valence-corrected chi connectivity index (χ3v) is 2.31. The van der Waals surface area contributed by atoms with Crippen molar-refractivity contribution in [1.29, 1.82) is 0 Å². The molecule has 0 unspecified atom stereocenters. The van der Waals surface area contributed by atoms with Gasteiger partial charge in [-0.2, -0.15) is 0 Å². The first-order valence-corrected chi connectivity index (χ1v) is 4.31. The molecule has 3 nitrogen and oxygen atoms in total. The van der Waals surface area contributed by atoms with E-state index in [9.17, 15) is 4.79 Å². The van der Waals surface area contributed by atoms with Crippen molar-refractivity contribution in [3.63, 3.8) is 0 Å². The quantitative estimate of drug-likeness (QED) is 0.620. The van der Waals surface area contributed by atoms with Crippen LogP contribution in [0.3, 0.4) is 0 Å². The van der Waals surface area contributed by atoms with Crippen molar-refractivity contribution in [2.75, 3.05) is 6.54 Å². The molecular formula is C9H15NO2. The van der Waals surface area contributed by atoms with Crippen molar-refractivity contribution in [2.45, 2.75) is 25.3 Å². The van der Waals surface area contributed by atoms with E-state index in [1.54, 1.807) is 0 Å². The summed E-state index contributed by atoms with van der Waals surface area (Å²) < 4.78 is 0. The Labute approximate surface area is 72.5 Å². The van der Waals surface area contributed by atoms with E-state index >= 15 is 0 Å². The third kappa shape index (κ3) is 2.34. The molecular weight excluding hydrogens is 154 g/mol. The van der Waals surface area contributed by atoms with Gasteiger partial charge in [-0.3, -0.25) is 4.79 Å². The van der Waals surface area contributed by atoms with E-state index in [4.69, 9.17) is 5.11 Å². The molecule has 1 aliphatic rings. The van der Waals surface area contributed by atoms with Crippen LogP contribution in [0, 0.1) is 5.92 Å². The summed E-state index contributed by atoms with van der Waals surface area (Å²) in [5, 5.41) is 11.7. The Hall–Kier alpha value is -0.830. The number of hydrogen-bond acceptors (Lipinski definition) is 2. The van der Waals surface area contributed by atoms with Crippen molar-refractivity contribution in [1.82, 2.24) is 5.32 Å². The number of carbonyl (C=O) groups is 1. The summed E-state index contributed by atoms with van der Waals surface area (Å²) in [5.74, 6) is -0.228. The largest absolute Gasteiger partial charge is 0.480 e. The molecule has 1 aliphatic heterocycles. The van der Waals surface area contributed by atoms with Crippen LogP contribution in [-0.4, -0.2) is 23.7 Å². The van der Waals surface area contributed by atoms with Crippen molar-refractivity contribution < 1.29 is 9.90 Å². The average Bonchev–Trinajstić information content (AvgIpc) is 2.05. The number of allylic oxidation sites excluding steroid dienone is 1. The molecule has 2 atom stereocenters. The summed E-state index contributed by atoms with van der Waals surface area (Å²) in [5.41, 5.74) is 0. The van der Waals surface area contributed by atoms with Gasteiger partial charge in [0.05, 0.1) is 0 Å². The van der Waals surface area contributed by atoms with Crippen molar-refractivity contribution in [3.8, 4) is 0 Å². The molecule has 0 aromatic heterocycles. The zero-order valence-electron chi connectivity index (χ0n) is 7.12. The fourth-order valence-electron chi connectivity index (χ4n) is 1.63. The van der Waals surface area contributed by atoms with Crippen LogP contribution in [0.15, 0.2) is 12.7 Å². The Kier molecular flexibility index (Phi) is 3.29. The van der Waals surface area contributed by atoms with Gasteiger partial charge in [-0.1, -0.05) is 6.08 Å². The van der Waals surface area contributed by atoms with E-state index < -0.39 is 5.97 Å². The number of piperidine rings is 1. The van der Waals surface area contributed by atoms with Gasteiger partial charge in [0, 0.05) is 0 Å². The van der Waals surface area contributed by atoms with Crippen LogP contribution in [-0.2, 0) is 4.79 Å². The van der Waals surface area contributed by atoms with Crippen LogP contribution in [0.4, 0.5) is 0 Å². The van der Waals surface area contributed by atoms with Crippen LogP contribution >= 0.6 is 0 Å². The number of aliphatic carboxylic acids is 1. The Balaban J connectivity index is 2.39. The van der Waals surface area contributed by atoms with Crippen molar-refractivity contribution in [2.24, 2.45) is 5.92 Å². The first-order chi connectivity index (χ1) is 5.74. The first kappa shape index (κ1) is 9.26. The molecule has 1 saturated heterocycles. The second kappa shape index (κ2) is 4.26. The Morgan fingerprint density at radius 3 is 3.08 bits per heavy atom. The zero-order chi connectivity index (χ0) is 8.97. The monoisotopic (exact) mass is 169 g/mol. The molecule has 68 valence electrons. The molecule has 0 amide bonds. The molecule has 1 fully saturated rings. The molecule has 0 spiro atoms. The molecule has 1 rings (SSSR count). The highest BCUT2D eigenvalue weighted by Gasteiger charge is 2.25. The van der Waals surface area contributed by atoms with Crippen LogP contribution < -0.4 is 5.32 Å². The summed E-state index contributed by atoms with van der Waals surface area (Å²) in [6, 6.07) is -0.344. The lowest BCUT2D eigenvalue weighted by atomic mass is 9.90. The Morgan fingerprint density at radius 2 is 2.50 bits per heavy atom. The van der Waals surface area contributed by atoms with Crippen LogP contribution in [0.2, 0.25) is 0 Å². The molecule has 0 bridgehead atoms. The molecule has 2 N–H and O–H groups in total. The predicted octanol–water partition coefficient (Wildman–Crippen LogP) is 1.02. The maximum Gasteiger partial charge on any atom is 0.320 e. The van der Waals surface area contributed by atoms with E-state index in [2.05, 4.69) is 11.9 Å². The lowest BCUT2D eigenvalue weighted by Crippen LogP contribution is -2.43. The molecule has 0 aliphatic carbocycles. The van der Waals surface area contributed by atoms with E-state index in [0.717, 1.165) is 25.8 Å². The predicted molar refractivity (Wildman–Crippen MR) is 47.0 cm³/mol. The minimum atomic E-state index is -0.733. The van der Waals surface area contributed by atoms with E-state index in [-0.39, 0.29) is 6.04 Å². The van der Waals surface area contributed by atoms with Gasteiger partial charge < -0.3 is 10.4 Å². The van der Waals surface area contributed by atoms with Gasteiger partial charge in [0.25, 0.3) is 0 Å². The minimum absolute atomic E-state index is 0.344. The highest BCUT2D eigenvalue weighted by atomic mass is 16.4. The molecule has 0 aromatic rings. The van der Waals surface area contributed by atoms with Crippen molar-refractivity contribution in [3.05, 3.63) is 12.7 Å². The third-order valence-electron chi connectivity index (χ3n) is 2.31. The fraction of sp³-hybridized carbons (Fsp3) is 0.667. The highest BCUT2D eigenvalue weighted by Crippen LogP contribution is 2.19. The van der Waals surface area contributed by atoms with Gasteiger partial charge >= 0.3 is 5.97 Å². The maximum absolute atomic E-state index is 10.6. The zero-order valence-corrected chi connectivity index (χ0v) is 7.12. The fourth-order valence-corrected chi connectivity index (χ4v) is 1.63. The van der Waals surface area contributed by atoms with Crippen LogP contribution in [0.1, 0.15) is 19.3 Å². The number of carboxylic acid groups (broad SMARTS) is 1. The molecule has 0 aromatic carbocycles.